The molecule has 0 unspecified atom stereocenters. The number of aryl methyl sites for hydroxylation is 1. The number of ether oxygens (including phenoxy) is 1. The van der Waals surface area contributed by atoms with Crippen molar-refractivity contribution in [1.82, 2.24) is 4.98 Å². The first-order valence-corrected chi connectivity index (χ1v) is 7.06. The van der Waals surface area contributed by atoms with Crippen LogP contribution in [0.25, 0.3) is 0 Å². The van der Waals surface area contributed by atoms with E-state index < -0.39 is 0 Å². The number of benzene rings is 1. The number of halogens is 1. The molecule has 2 rings (SSSR count). The van der Waals surface area contributed by atoms with Gasteiger partial charge in [-0.25, -0.2) is 4.98 Å². The smallest absolute Gasteiger partial charge is 0.251 e. The highest BCUT2D eigenvalue weighted by Gasteiger charge is 2.04. The molecule has 1 aromatic carbocycles. The van der Waals surface area contributed by atoms with Crippen LogP contribution in [-0.4, -0.2) is 24.1 Å². The zero-order valence-electron chi connectivity index (χ0n) is 11.8. The zero-order chi connectivity index (χ0) is 15.1. The number of pyridine rings is 1. The summed E-state index contributed by atoms with van der Waals surface area (Å²) in [5.74, 6) is 0.184. The normalized spacial score (nSPS) is 10.4. The monoisotopic (exact) mass is 304 g/mol. The highest BCUT2D eigenvalue weighted by molar-refractivity contribution is 6.30. The van der Waals surface area contributed by atoms with Crippen molar-refractivity contribution in [3.8, 4) is 0 Å². The molecule has 1 aromatic heterocycles. The quantitative estimate of drug-likeness (QED) is 0.834. The molecule has 110 valence electrons. The van der Waals surface area contributed by atoms with E-state index in [1.165, 1.54) is 17.3 Å². The lowest BCUT2D eigenvalue weighted by Gasteiger charge is -2.06. The van der Waals surface area contributed by atoms with Gasteiger partial charge in [0.1, 0.15) is 12.4 Å². The number of anilines is 1. The van der Waals surface area contributed by atoms with Crippen molar-refractivity contribution in [2.75, 3.05) is 18.5 Å². The third kappa shape index (κ3) is 5.53. The Balaban J connectivity index is 1.70. The van der Waals surface area contributed by atoms with Gasteiger partial charge in [0.2, 0.25) is 0 Å². The number of aromatic nitrogens is 1. The summed E-state index contributed by atoms with van der Waals surface area (Å²) in [5.41, 5.74) is 2.42. The number of carbonyl (C=O) groups excluding carboxylic acids is 1. The average molecular weight is 305 g/mol. The molecule has 0 radical (unpaired) electrons. The van der Waals surface area contributed by atoms with Crippen LogP contribution in [0.15, 0.2) is 42.6 Å². The van der Waals surface area contributed by atoms with Crippen molar-refractivity contribution in [2.45, 2.75) is 13.3 Å². The van der Waals surface area contributed by atoms with Crippen molar-refractivity contribution in [1.29, 1.82) is 0 Å². The number of amides is 1. The Morgan fingerprint density at radius 3 is 2.95 bits per heavy atom. The molecule has 2 aromatic rings. The molecule has 1 heterocycles. The fourth-order valence-corrected chi connectivity index (χ4v) is 2.03. The number of rotatable bonds is 6. The summed E-state index contributed by atoms with van der Waals surface area (Å²) in [6.45, 7) is 2.55. The highest BCUT2D eigenvalue weighted by Crippen LogP contribution is 2.11. The van der Waals surface area contributed by atoms with Crippen LogP contribution in [-0.2, 0) is 16.0 Å². The maximum Gasteiger partial charge on any atom is 0.251 e. The molecule has 21 heavy (non-hydrogen) atoms. The largest absolute Gasteiger partial charge is 0.371 e. The van der Waals surface area contributed by atoms with E-state index in [1.54, 1.807) is 12.1 Å². The Labute approximate surface area is 129 Å². The van der Waals surface area contributed by atoms with Gasteiger partial charge in [-0.1, -0.05) is 41.4 Å². The van der Waals surface area contributed by atoms with Crippen molar-refractivity contribution in [3.63, 3.8) is 0 Å². The number of nitrogens with one attached hydrogen (secondary N) is 1. The predicted octanol–water partition coefficient (Wildman–Crippen LogP) is 3.24. The molecule has 0 fully saturated rings. The molecule has 0 aliphatic carbocycles. The molecule has 0 aliphatic rings. The molecule has 0 saturated heterocycles. The second-order valence-corrected chi connectivity index (χ2v) is 5.14. The van der Waals surface area contributed by atoms with Gasteiger partial charge in [0, 0.05) is 11.2 Å². The summed E-state index contributed by atoms with van der Waals surface area (Å²) >= 11 is 5.81. The van der Waals surface area contributed by atoms with Gasteiger partial charge in [-0.3, -0.25) is 4.79 Å². The van der Waals surface area contributed by atoms with Gasteiger partial charge >= 0.3 is 0 Å². The number of carbonyl (C=O) groups is 1. The van der Waals surface area contributed by atoms with Gasteiger partial charge in [0.25, 0.3) is 5.91 Å². The minimum Gasteiger partial charge on any atom is -0.371 e. The van der Waals surface area contributed by atoms with E-state index in [0.29, 0.717) is 17.4 Å². The Hall–Kier alpha value is -1.91. The summed E-state index contributed by atoms with van der Waals surface area (Å²) in [6.07, 6.45) is 2.32. The molecule has 0 aliphatic heterocycles. The average Bonchev–Trinajstić information content (AvgIpc) is 2.44. The third-order valence-electron chi connectivity index (χ3n) is 2.84. The van der Waals surface area contributed by atoms with Gasteiger partial charge in [0.15, 0.2) is 0 Å². The summed E-state index contributed by atoms with van der Waals surface area (Å²) in [7, 11) is 0. The fourth-order valence-electron chi connectivity index (χ4n) is 1.87. The van der Waals surface area contributed by atoms with Crippen LogP contribution >= 0.6 is 11.6 Å². The number of hydrogen-bond acceptors (Lipinski definition) is 3. The fraction of sp³-hybridized carbons (Fsp3) is 0.250. The van der Waals surface area contributed by atoms with E-state index in [0.717, 1.165) is 6.42 Å². The summed E-state index contributed by atoms with van der Waals surface area (Å²) in [5, 5.41) is 3.16. The second kappa shape index (κ2) is 7.76. The molecular formula is C16H17ClN2O2. The van der Waals surface area contributed by atoms with E-state index in [-0.39, 0.29) is 12.5 Å². The van der Waals surface area contributed by atoms with Gasteiger partial charge in [0.05, 0.1) is 6.61 Å². The number of nitrogens with zero attached hydrogens (tertiary/aromatic N) is 1. The molecule has 0 bridgehead atoms. The lowest BCUT2D eigenvalue weighted by atomic mass is 10.1. The lowest BCUT2D eigenvalue weighted by Crippen LogP contribution is -2.19. The molecule has 0 atom stereocenters. The van der Waals surface area contributed by atoms with Crippen LogP contribution in [0.2, 0.25) is 5.02 Å². The van der Waals surface area contributed by atoms with E-state index >= 15 is 0 Å². The first-order valence-electron chi connectivity index (χ1n) is 6.68. The minimum atomic E-state index is -0.242. The van der Waals surface area contributed by atoms with E-state index in [9.17, 15) is 4.79 Å². The second-order valence-electron chi connectivity index (χ2n) is 4.70. The van der Waals surface area contributed by atoms with Crippen molar-refractivity contribution in [3.05, 3.63) is 58.7 Å². The summed E-state index contributed by atoms with van der Waals surface area (Å²) in [4.78, 5) is 15.7. The van der Waals surface area contributed by atoms with Gasteiger partial charge in [-0.15, -0.1) is 0 Å². The topological polar surface area (TPSA) is 51.2 Å². The molecule has 5 heteroatoms. The molecule has 1 N–H and O–H groups in total. The zero-order valence-corrected chi connectivity index (χ0v) is 12.6. The van der Waals surface area contributed by atoms with Gasteiger partial charge in [-0.05, 0) is 31.0 Å². The Morgan fingerprint density at radius 2 is 2.19 bits per heavy atom. The van der Waals surface area contributed by atoms with Crippen LogP contribution in [0.3, 0.4) is 0 Å². The molecular weight excluding hydrogens is 288 g/mol. The Bertz CT molecular complexity index is 617. The molecule has 0 spiro atoms. The predicted molar refractivity (Wildman–Crippen MR) is 83.6 cm³/mol. The van der Waals surface area contributed by atoms with Crippen molar-refractivity contribution in [2.24, 2.45) is 0 Å². The van der Waals surface area contributed by atoms with Crippen LogP contribution in [0.4, 0.5) is 5.82 Å². The third-order valence-corrected chi connectivity index (χ3v) is 3.08. The Kier molecular flexibility index (Phi) is 5.72. The van der Waals surface area contributed by atoms with Gasteiger partial charge < -0.3 is 10.1 Å². The Morgan fingerprint density at radius 1 is 1.33 bits per heavy atom. The van der Waals surface area contributed by atoms with Crippen molar-refractivity contribution < 1.29 is 9.53 Å². The van der Waals surface area contributed by atoms with E-state index in [2.05, 4.69) is 29.4 Å². The van der Waals surface area contributed by atoms with Gasteiger partial charge in [-0.2, -0.15) is 0 Å². The standard InChI is InChI=1S/C16H17ClN2O2/c1-12-3-2-4-13(9-12)6-8-21-11-16(20)19-15-10-14(17)5-7-18-15/h2-5,7,9-10H,6,8,11H2,1H3,(H,18,19,20). The SMILES string of the molecule is Cc1cccc(CCOCC(=O)Nc2cc(Cl)ccn2)c1. The van der Waals surface area contributed by atoms with Crippen LogP contribution in [0, 0.1) is 6.92 Å². The molecule has 4 nitrogen and oxygen atoms in total. The highest BCUT2D eigenvalue weighted by atomic mass is 35.5. The van der Waals surface area contributed by atoms with Crippen LogP contribution in [0.5, 0.6) is 0 Å². The van der Waals surface area contributed by atoms with Crippen LogP contribution in [0.1, 0.15) is 11.1 Å². The summed E-state index contributed by atoms with van der Waals surface area (Å²) in [6, 6.07) is 11.5. The minimum absolute atomic E-state index is 0.00000898. The first-order chi connectivity index (χ1) is 10.1. The maximum atomic E-state index is 11.7. The molecule has 1 amide bonds. The van der Waals surface area contributed by atoms with E-state index in [4.69, 9.17) is 16.3 Å². The number of hydrogen-bond donors (Lipinski definition) is 1. The summed E-state index contributed by atoms with van der Waals surface area (Å²) < 4.78 is 5.37. The molecule has 0 saturated carbocycles. The lowest BCUT2D eigenvalue weighted by molar-refractivity contribution is -0.120. The van der Waals surface area contributed by atoms with Crippen LogP contribution < -0.4 is 5.32 Å². The van der Waals surface area contributed by atoms with E-state index in [1.807, 2.05) is 12.1 Å². The maximum absolute atomic E-state index is 11.7. The van der Waals surface area contributed by atoms with Crippen molar-refractivity contribution >= 4 is 23.3 Å². The first kappa shape index (κ1) is 15.5.